The molecule has 2 N–H and O–H groups in total. The van der Waals surface area contributed by atoms with Gasteiger partial charge in [-0.3, -0.25) is 9.59 Å². The van der Waals surface area contributed by atoms with Gasteiger partial charge in [0, 0.05) is 31.5 Å². The molecule has 3 aromatic rings. The number of unbranched alkanes of at least 4 members (excludes halogenated alkanes) is 1. The Labute approximate surface area is 180 Å². The van der Waals surface area contributed by atoms with Crippen LogP contribution in [0.2, 0.25) is 0 Å². The van der Waals surface area contributed by atoms with E-state index in [0.29, 0.717) is 42.3 Å². The summed E-state index contributed by atoms with van der Waals surface area (Å²) < 4.78 is 19.4. The van der Waals surface area contributed by atoms with Crippen LogP contribution in [0.1, 0.15) is 48.0 Å². The molecule has 0 spiro atoms. The summed E-state index contributed by atoms with van der Waals surface area (Å²) in [5, 5.41) is 5.71. The quantitative estimate of drug-likeness (QED) is 0.477. The van der Waals surface area contributed by atoms with E-state index in [1.165, 1.54) is 12.3 Å². The first kappa shape index (κ1) is 22.2. The molecule has 0 radical (unpaired) electrons. The van der Waals surface area contributed by atoms with Crippen LogP contribution < -0.4 is 10.6 Å². The van der Waals surface area contributed by atoms with Crippen molar-refractivity contribution < 1.29 is 18.4 Å². The maximum Gasteiger partial charge on any atom is 0.251 e. The van der Waals surface area contributed by atoms with Crippen LogP contribution in [0.4, 0.5) is 4.39 Å². The highest BCUT2D eigenvalue weighted by Gasteiger charge is 2.12. The Bertz CT molecular complexity index is 1010. The van der Waals surface area contributed by atoms with Gasteiger partial charge in [0.25, 0.3) is 5.91 Å². The molecule has 1 heterocycles. The molecule has 0 bridgehead atoms. The molecular weight excluding hydrogens is 397 g/mol. The summed E-state index contributed by atoms with van der Waals surface area (Å²) in [5.41, 5.74) is 1.84. The average molecular weight is 423 g/mol. The average Bonchev–Trinajstić information content (AvgIpc) is 3.26. The monoisotopic (exact) mass is 423 g/mol. The zero-order valence-electron chi connectivity index (χ0n) is 17.5. The minimum atomic E-state index is -0.382. The minimum Gasteiger partial charge on any atom is -0.441 e. The van der Waals surface area contributed by atoms with Gasteiger partial charge in [-0.05, 0) is 36.2 Å². The molecule has 0 unspecified atom stereocenters. The number of carbonyl (C=O) groups excluding carboxylic acids is 2. The Morgan fingerprint density at radius 1 is 1.06 bits per heavy atom. The second kappa shape index (κ2) is 11.1. The standard InChI is InChI=1S/C24H26FN3O3/c1-2-3-14-26-24(30)18-10-8-17(9-11-18)15-27-22(29)12-13-23-28-16-21(31-23)19-6-4-5-7-20(19)25/h4-11,16H,2-3,12-15H2,1H3,(H,26,30)(H,27,29). The fourth-order valence-corrected chi connectivity index (χ4v) is 2.98. The maximum atomic E-state index is 13.8. The van der Waals surface area contributed by atoms with Crippen molar-refractivity contribution in [3.05, 3.63) is 77.6 Å². The molecule has 31 heavy (non-hydrogen) atoms. The van der Waals surface area contributed by atoms with Gasteiger partial charge in [0.2, 0.25) is 5.91 Å². The molecule has 7 heteroatoms. The van der Waals surface area contributed by atoms with Crippen molar-refractivity contribution in [2.75, 3.05) is 6.54 Å². The molecule has 0 saturated heterocycles. The van der Waals surface area contributed by atoms with Crippen molar-refractivity contribution in [3.8, 4) is 11.3 Å². The molecule has 0 saturated carbocycles. The van der Waals surface area contributed by atoms with Crippen LogP contribution in [0.3, 0.4) is 0 Å². The van der Waals surface area contributed by atoms with E-state index in [2.05, 4.69) is 22.5 Å². The molecule has 0 aliphatic heterocycles. The number of carbonyl (C=O) groups is 2. The summed E-state index contributed by atoms with van der Waals surface area (Å²) >= 11 is 0. The summed E-state index contributed by atoms with van der Waals surface area (Å²) in [4.78, 5) is 28.3. The van der Waals surface area contributed by atoms with Gasteiger partial charge in [0.15, 0.2) is 11.7 Å². The number of amides is 2. The van der Waals surface area contributed by atoms with E-state index in [4.69, 9.17) is 4.42 Å². The Balaban J connectivity index is 1.43. The summed E-state index contributed by atoms with van der Waals surface area (Å²) in [5.74, 6) is 0.100. The van der Waals surface area contributed by atoms with Crippen LogP contribution in [0.15, 0.2) is 59.1 Å². The number of nitrogens with zero attached hydrogens (tertiary/aromatic N) is 1. The van der Waals surface area contributed by atoms with Crippen LogP contribution in [-0.2, 0) is 17.8 Å². The summed E-state index contributed by atoms with van der Waals surface area (Å²) in [7, 11) is 0. The van der Waals surface area contributed by atoms with Crippen molar-refractivity contribution in [2.24, 2.45) is 0 Å². The Morgan fingerprint density at radius 3 is 2.58 bits per heavy atom. The molecule has 0 aliphatic rings. The third kappa shape index (κ3) is 6.50. The number of benzene rings is 2. The molecule has 2 amide bonds. The second-order valence-corrected chi connectivity index (χ2v) is 7.18. The number of halogens is 1. The van der Waals surface area contributed by atoms with Gasteiger partial charge >= 0.3 is 0 Å². The Hall–Kier alpha value is -3.48. The third-order valence-electron chi connectivity index (χ3n) is 4.78. The summed E-state index contributed by atoms with van der Waals surface area (Å²) in [6.07, 6.45) is 3.97. The normalized spacial score (nSPS) is 10.6. The number of rotatable bonds is 10. The van der Waals surface area contributed by atoms with Crippen LogP contribution in [0.5, 0.6) is 0 Å². The number of aryl methyl sites for hydroxylation is 1. The lowest BCUT2D eigenvalue weighted by atomic mass is 10.1. The summed E-state index contributed by atoms with van der Waals surface area (Å²) in [6, 6.07) is 13.5. The SMILES string of the molecule is CCCCNC(=O)c1ccc(CNC(=O)CCc2ncc(-c3ccccc3F)o2)cc1. The highest BCUT2D eigenvalue weighted by Crippen LogP contribution is 2.23. The van der Waals surface area contributed by atoms with E-state index in [0.717, 1.165) is 18.4 Å². The number of oxazole rings is 1. The van der Waals surface area contributed by atoms with Gasteiger partial charge in [0.1, 0.15) is 5.82 Å². The Morgan fingerprint density at radius 2 is 1.84 bits per heavy atom. The van der Waals surface area contributed by atoms with Crippen LogP contribution in [-0.4, -0.2) is 23.3 Å². The van der Waals surface area contributed by atoms with Crippen molar-refractivity contribution in [3.63, 3.8) is 0 Å². The first-order valence-corrected chi connectivity index (χ1v) is 10.4. The first-order chi connectivity index (χ1) is 15.1. The number of nitrogens with one attached hydrogen (secondary N) is 2. The number of hydrogen-bond donors (Lipinski definition) is 2. The van der Waals surface area contributed by atoms with E-state index in [9.17, 15) is 14.0 Å². The van der Waals surface area contributed by atoms with Gasteiger partial charge < -0.3 is 15.1 Å². The minimum absolute atomic E-state index is 0.0928. The first-order valence-electron chi connectivity index (χ1n) is 10.4. The van der Waals surface area contributed by atoms with E-state index in [-0.39, 0.29) is 24.1 Å². The highest BCUT2D eigenvalue weighted by atomic mass is 19.1. The van der Waals surface area contributed by atoms with E-state index in [1.807, 2.05) is 12.1 Å². The third-order valence-corrected chi connectivity index (χ3v) is 4.78. The summed E-state index contributed by atoms with van der Waals surface area (Å²) in [6.45, 7) is 3.10. The molecule has 2 aromatic carbocycles. The fourth-order valence-electron chi connectivity index (χ4n) is 2.98. The maximum absolute atomic E-state index is 13.8. The molecule has 1 aromatic heterocycles. The van der Waals surface area contributed by atoms with Crippen LogP contribution in [0.25, 0.3) is 11.3 Å². The van der Waals surface area contributed by atoms with E-state index < -0.39 is 0 Å². The van der Waals surface area contributed by atoms with Crippen molar-refractivity contribution >= 4 is 11.8 Å². The fraction of sp³-hybridized carbons (Fsp3) is 0.292. The molecule has 0 fully saturated rings. The van der Waals surface area contributed by atoms with Gasteiger partial charge in [-0.25, -0.2) is 9.37 Å². The van der Waals surface area contributed by atoms with E-state index >= 15 is 0 Å². The van der Waals surface area contributed by atoms with Gasteiger partial charge in [-0.1, -0.05) is 37.6 Å². The number of aromatic nitrogens is 1. The van der Waals surface area contributed by atoms with E-state index in [1.54, 1.807) is 30.3 Å². The number of hydrogen-bond acceptors (Lipinski definition) is 4. The lowest BCUT2D eigenvalue weighted by Gasteiger charge is -2.07. The zero-order valence-corrected chi connectivity index (χ0v) is 17.5. The van der Waals surface area contributed by atoms with Gasteiger partial charge in [-0.2, -0.15) is 0 Å². The molecule has 162 valence electrons. The predicted octanol–water partition coefficient (Wildman–Crippen LogP) is 4.26. The predicted molar refractivity (Wildman–Crippen MR) is 116 cm³/mol. The largest absolute Gasteiger partial charge is 0.441 e. The molecular formula is C24H26FN3O3. The van der Waals surface area contributed by atoms with Gasteiger partial charge in [-0.15, -0.1) is 0 Å². The van der Waals surface area contributed by atoms with Crippen molar-refractivity contribution in [1.82, 2.24) is 15.6 Å². The Kier molecular flexibility index (Phi) is 7.92. The molecule has 3 rings (SSSR count). The highest BCUT2D eigenvalue weighted by molar-refractivity contribution is 5.94. The molecule has 0 atom stereocenters. The zero-order chi connectivity index (χ0) is 22.1. The van der Waals surface area contributed by atoms with Crippen LogP contribution in [0, 0.1) is 5.82 Å². The van der Waals surface area contributed by atoms with Crippen molar-refractivity contribution in [1.29, 1.82) is 0 Å². The topological polar surface area (TPSA) is 84.2 Å². The lowest BCUT2D eigenvalue weighted by Crippen LogP contribution is -2.25. The van der Waals surface area contributed by atoms with Gasteiger partial charge in [0.05, 0.1) is 11.8 Å². The van der Waals surface area contributed by atoms with Crippen LogP contribution >= 0.6 is 0 Å². The smallest absolute Gasteiger partial charge is 0.251 e. The molecule has 6 nitrogen and oxygen atoms in total. The second-order valence-electron chi connectivity index (χ2n) is 7.18. The lowest BCUT2D eigenvalue weighted by molar-refractivity contribution is -0.121. The molecule has 0 aliphatic carbocycles. The van der Waals surface area contributed by atoms with Crippen molar-refractivity contribution in [2.45, 2.75) is 39.2 Å².